The number of aliphatic hydroxyl groups excluding tert-OH is 1. The van der Waals surface area contributed by atoms with Crippen molar-refractivity contribution in [3.8, 4) is 11.8 Å². The third-order valence-electron chi connectivity index (χ3n) is 2.92. The van der Waals surface area contributed by atoms with Gasteiger partial charge in [0.1, 0.15) is 0 Å². The van der Waals surface area contributed by atoms with Gasteiger partial charge in [0.2, 0.25) is 0 Å². The van der Waals surface area contributed by atoms with Crippen LogP contribution in [0.2, 0.25) is 0 Å². The van der Waals surface area contributed by atoms with E-state index in [0.717, 1.165) is 19.3 Å². The molecule has 0 aromatic carbocycles. The normalized spacial score (nSPS) is 26.7. The molecule has 2 atom stereocenters. The van der Waals surface area contributed by atoms with Crippen molar-refractivity contribution in [3.63, 3.8) is 0 Å². The number of hydrogen-bond acceptors (Lipinski definition) is 1. The van der Waals surface area contributed by atoms with Gasteiger partial charge in [0.05, 0.1) is 6.10 Å². The molecule has 0 aromatic heterocycles. The molecule has 0 heterocycles. The lowest BCUT2D eigenvalue weighted by atomic mass is 9.87. The van der Waals surface area contributed by atoms with Gasteiger partial charge in [-0.2, -0.15) is 0 Å². The molecule has 1 heteroatoms. The number of unbranched alkanes of at least 4 members (excludes halogenated alkanes) is 3. The third kappa shape index (κ3) is 4.15. The summed E-state index contributed by atoms with van der Waals surface area (Å²) in [5, 5.41) is 9.67. The summed E-state index contributed by atoms with van der Waals surface area (Å²) in [7, 11) is 0. The number of rotatable bonds is 3. The summed E-state index contributed by atoms with van der Waals surface area (Å²) in [6.07, 6.45) is 9.08. The SMILES string of the molecule is CCCCCC#CC1CCCCC1O. The Balaban J connectivity index is 2.19. The van der Waals surface area contributed by atoms with Crippen molar-refractivity contribution < 1.29 is 5.11 Å². The molecule has 1 fully saturated rings. The molecule has 0 amide bonds. The zero-order valence-corrected chi connectivity index (χ0v) is 9.26. The van der Waals surface area contributed by atoms with Crippen molar-refractivity contribution in [1.29, 1.82) is 0 Å². The first-order valence-electron chi connectivity index (χ1n) is 6.01. The van der Waals surface area contributed by atoms with Gasteiger partial charge in [-0.15, -0.1) is 5.92 Å². The van der Waals surface area contributed by atoms with E-state index >= 15 is 0 Å². The fraction of sp³-hybridized carbons (Fsp3) is 0.846. The maximum Gasteiger partial charge on any atom is 0.0677 e. The van der Waals surface area contributed by atoms with Crippen LogP contribution in [0.5, 0.6) is 0 Å². The van der Waals surface area contributed by atoms with Crippen LogP contribution in [-0.4, -0.2) is 11.2 Å². The first-order chi connectivity index (χ1) is 6.84. The minimum absolute atomic E-state index is 0.151. The predicted octanol–water partition coefficient (Wildman–Crippen LogP) is 3.12. The average Bonchev–Trinajstić information content (AvgIpc) is 2.20. The van der Waals surface area contributed by atoms with Crippen molar-refractivity contribution in [2.24, 2.45) is 5.92 Å². The molecule has 0 saturated heterocycles. The Hall–Kier alpha value is -0.480. The van der Waals surface area contributed by atoms with Gasteiger partial charge in [0.25, 0.3) is 0 Å². The lowest BCUT2D eigenvalue weighted by Gasteiger charge is -2.22. The molecule has 0 radical (unpaired) electrons. The van der Waals surface area contributed by atoms with Gasteiger partial charge >= 0.3 is 0 Å². The summed E-state index contributed by atoms with van der Waals surface area (Å²) >= 11 is 0. The second-order valence-corrected chi connectivity index (χ2v) is 4.24. The van der Waals surface area contributed by atoms with Gasteiger partial charge in [0, 0.05) is 12.3 Å². The molecule has 1 saturated carbocycles. The van der Waals surface area contributed by atoms with E-state index in [1.807, 2.05) is 0 Å². The molecule has 1 aliphatic carbocycles. The van der Waals surface area contributed by atoms with E-state index in [1.54, 1.807) is 0 Å². The van der Waals surface area contributed by atoms with Gasteiger partial charge in [-0.3, -0.25) is 0 Å². The first-order valence-corrected chi connectivity index (χ1v) is 6.01. The smallest absolute Gasteiger partial charge is 0.0677 e. The molecule has 1 aliphatic rings. The molecule has 1 N–H and O–H groups in total. The highest BCUT2D eigenvalue weighted by molar-refractivity contribution is 5.06. The van der Waals surface area contributed by atoms with Gasteiger partial charge in [-0.05, 0) is 19.3 Å². The molecule has 0 aromatic rings. The van der Waals surface area contributed by atoms with E-state index < -0.39 is 0 Å². The van der Waals surface area contributed by atoms with Gasteiger partial charge in [-0.1, -0.05) is 38.5 Å². The van der Waals surface area contributed by atoms with Crippen LogP contribution in [0.4, 0.5) is 0 Å². The largest absolute Gasteiger partial charge is 0.392 e. The highest BCUT2D eigenvalue weighted by Crippen LogP contribution is 2.23. The van der Waals surface area contributed by atoms with Crippen LogP contribution in [0.1, 0.15) is 58.3 Å². The standard InChI is InChI=1S/C13H22O/c1-2-3-4-5-6-9-12-10-7-8-11-13(12)14/h12-14H,2-5,7-8,10-11H2,1H3. The zero-order chi connectivity index (χ0) is 10.2. The topological polar surface area (TPSA) is 20.2 Å². The summed E-state index contributed by atoms with van der Waals surface area (Å²) < 4.78 is 0. The van der Waals surface area contributed by atoms with E-state index in [-0.39, 0.29) is 12.0 Å². The molecular weight excluding hydrogens is 172 g/mol. The Morgan fingerprint density at radius 3 is 2.71 bits per heavy atom. The second-order valence-electron chi connectivity index (χ2n) is 4.24. The highest BCUT2D eigenvalue weighted by atomic mass is 16.3. The van der Waals surface area contributed by atoms with Crippen LogP contribution in [-0.2, 0) is 0 Å². The minimum atomic E-state index is -0.151. The lowest BCUT2D eigenvalue weighted by Crippen LogP contribution is -2.22. The predicted molar refractivity (Wildman–Crippen MR) is 59.9 cm³/mol. The summed E-state index contributed by atoms with van der Waals surface area (Å²) in [5.74, 6) is 6.71. The highest BCUT2D eigenvalue weighted by Gasteiger charge is 2.20. The molecule has 80 valence electrons. The Morgan fingerprint density at radius 2 is 2.00 bits per heavy atom. The Kier molecular flexibility index (Phi) is 5.71. The number of aliphatic hydroxyl groups is 1. The van der Waals surface area contributed by atoms with Gasteiger partial charge in [0.15, 0.2) is 0 Å². The molecule has 14 heavy (non-hydrogen) atoms. The van der Waals surface area contributed by atoms with E-state index in [1.165, 1.54) is 32.1 Å². The van der Waals surface area contributed by atoms with Crippen LogP contribution < -0.4 is 0 Å². The average molecular weight is 194 g/mol. The van der Waals surface area contributed by atoms with Crippen LogP contribution in [0.3, 0.4) is 0 Å². The first kappa shape index (κ1) is 11.6. The van der Waals surface area contributed by atoms with Crippen molar-refractivity contribution >= 4 is 0 Å². The summed E-state index contributed by atoms with van der Waals surface area (Å²) in [6.45, 7) is 2.21. The van der Waals surface area contributed by atoms with Crippen molar-refractivity contribution in [2.45, 2.75) is 64.4 Å². The van der Waals surface area contributed by atoms with E-state index in [2.05, 4.69) is 18.8 Å². The number of hydrogen-bond donors (Lipinski definition) is 1. The fourth-order valence-corrected chi connectivity index (χ4v) is 1.95. The molecule has 0 spiro atoms. The summed E-state index contributed by atoms with van der Waals surface area (Å²) in [5.41, 5.74) is 0. The van der Waals surface area contributed by atoms with Crippen molar-refractivity contribution in [3.05, 3.63) is 0 Å². The molecule has 0 bridgehead atoms. The monoisotopic (exact) mass is 194 g/mol. The van der Waals surface area contributed by atoms with Crippen LogP contribution >= 0.6 is 0 Å². The van der Waals surface area contributed by atoms with Crippen molar-refractivity contribution in [1.82, 2.24) is 0 Å². The molecule has 2 unspecified atom stereocenters. The molecule has 0 aliphatic heterocycles. The minimum Gasteiger partial charge on any atom is -0.392 e. The lowest BCUT2D eigenvalue weighted by molar-refractivity contribution is 0.0969. The second kappa shape index (κ2) is 6.90. The zero-order valence-electron chi connectivity index (χ0n) is 9.26. The maximum absolute atomic E-state index is 9.67. The summed E-state index contributed by atoms with van der Waals surface area (Å²) in [6, 6.07) is 0. The Labute approximate surface area is 87.9 Å². The van der Waals surface area contributed by atoms with E-state index in [0.29, 0.717) is 0 Å². The third-order valence-corrected chi connectivity index (χ3v) is 2.92. The fourth-order valence-electron chi connectivity index (χ4n) is 1.95. The molecule has 1 rings (SSSR count). The maximum atomic E-state index is 9.67. The molecule has 1 nitrogen and oxygen atoms in total. The van der Waals surface area contributed by atoms with E-state index in [4.69, 9.17) is 0 Å². The Morgan fingerprint density at radius 1 is 1.21 bits per heavy atom. The van der Waals surface area contributed by atoms with Gasteiger partial charge < -0.3 is 5.11 Å². The van der Waals surface area contributed by atoms with Crippen molar-refractivity contribution in [2.75, 3.05) is 0 Å². The van der Waals surface area contributed by atoms with E-state index in [9.17, 15) is 5.11 Å². The van der Waals surface area contributed by atoms with Crippen LogP contribution in [0.25, 0.3) is 0 Å². The summed E-state index contributed by atoms with van der Waals surface area (Å²) in [4.78, 5) is 0. The van der Waals surface area contributed by atoms with Crippen LogP contribution in [0.15, 0.2) is 0 Å². The Bertz CT molecular complexity index is 199. The quantitative estimate of drug-likeness (QED) is 0.540. The van der Waals surface area contributed by atoms with Crippen LogP contribution in [0, 0.1) is 17.8 Å². The van der Waals surface area contributed by atoms with Gasteiger partial charge in [-0.25, -0.2) is 0 Å². The molecular formula is C13H22O.